The highest BCUT2D eigenvalue weighted by atomic mass is 32.1. The van der Waals surface area contributed by atoms with Gasteiger partial charge in [-0.25, -0.2) is 0 Å². The largest absolute Gasteiger partial charge is 0.376 e. The van der Waals surface area contributed by atoms with Crippen LogP contribution in [0.3, 0.4) is 0 Å². The van der Waals surface area contributed by atoms with Crippen LogP contribution in [-0.2, 0) is 16.0 Å². The number of ether oxygens (including phenoxy) is 1. The van der Waals surface area contributed by atoms with Crippen LogP contribution in [0.1, 0.15) is 62.6 Å². The van der Waals surface area contributed by atoms with Crippen molar-refractivity contribution in [1.82, 2.24) is 4.90 Å². The van der Waals surface area contributed by atoms with Gasteiger partial charge >= 0.3 is 0 Å². The minimum absolute atomic E-state index is 0.00470. The van der Waals surface area contributed by atoms with Gasteiger partial charge in [0.2, 0.25) is 5.91 Å². The van der Waals surface area contributed by atoms with E-state index in [1.54, 1.807) is 0 Å². The molecule has 2 aliphatic rings. The molecular formula is C23H31N3O2S. The van der Waals surface area contributed by atoms with Crippen molar-refractivity contribution in [2.45, 2.75) is 58.5 Å². The summed E-state index contributed by atoms with van der Waals surface area (Å²) in [5.41, 5.74) is 8.66. The molecule has 29 heavy (non-hydrogen) atoms. The molecule has 1 saturated heterocycles. The Morgan fingerprint density at radius 1 is 1.41 bits per heavy atom. The SMILES string of the molecule is CC(C)CC(C)CC1Cc2ccc(C#N)cc2C1C(=O)N(C[C@H]1CCO1)C(N)=S. The average Bonchev–Trinajstić information content (AvgIpc) is 2.95. The van der Waals surface area contributed by atoms with Gasteiger partial charge < -0.3 is 10.5 Å². The van der Waals surface area contributed by atoms with E-state index in [-0.39, 0.29) is 29.0 Å². The van der Waals surface area contributed by atoms with Gasteiger partial charge in [-0.05, 0) is 78.9 Å². The summed E-state index contributed by atoms with van der Waals surface area (Å²) in [4.78, 5) is 15.2. The lowest BCUT2D eigenvalue weighted by molar-refractivity contribution is -0.134. The summed E-state index contributed by atoms with van der Waals surface area (Å²) in [6.45, 7) is 7.85. The van der Waals surface area contributed by atoms with Crippen molar-refractivity contribution in [3.63, 3.8) is 0 Å². The predicted octanol–water partition coefficient (Wildman–Crippen LogP) is 3.75. The van der Waals surface area contributed by atoms with Crippen LogP contribution in [0.15, 0.2) is 18.2 Å². The van der Waals surface area contributed by atoms with Gasteiger partial charge in [-0.3, -0.25) is 9.69 Å². The van der Waals surface area contributed by atoms with E-state index in [4.69, 9.17) is 22.7 Å². The number of carbonyl (C=O) groups excluding carboxylic acids is 1. The molecule has 5 nitrogen and oxygen atoms in total. The molecular weight excluding hydrogens is 382 g/mol. The lowest BCUT2D eigenvalue weighted by Crippen LogP contribution is -2.50. The summed E-state index contributed by atoms with van der Waals surface area (Å²) in [5, 5.41) is 9.46. The average molecular weight is 414 g/mol. The van der Waals surface area contributed by atoms with E-state index < -0.39 is 0 Å². The van der Waals surface area contributed by atoms with Gasteiger partial charge in [0.25, 0.3) is 0 Å². The molecule has 0 aromatic heterocycles. The highest BCUT2D eigenvalue weighted by molar-refractivity contribution is 7.80. The molecule has 0 bridgehead atoms. The number of nitriles is 1. The predicted molar refractivity (Wildman–Crippen MR) is 117 cm³/mol. The van der Waals surface area contributed by atoms with Gasteiger partial charge in [0, 0.05) is 6.61 Å². The molecule has 1 aliphatic carbocycles. The molecule has 0 radical (unpaired) electrons. The Kier molecular flexibility index (Phi) is 6.92. The lowest BCUT2D eigenvalue weighted by atomic mass is 9.82. The van der Waals surface area contributed by atoms with E-state index >= 15 is 0 Å². The highest BCUT2D eigenvalue weighted by Crippen LogP contribution is 2.43. The first kappa shape index (κ1) is 21.7. The zero-order valence-corrected chi connectivity index (χ0v) is 18.4. The number of carbonyl (C=O) groups is 1. The van der Waals surface area contributed by atoms with Crippen molar-refractivity contribution in [3.8, 4) is 6.07 Å². The van der Waals surface area contributed by atoms with Gasteiger partial charge in [-0.15, -0.1) is 0 Å². The number of thiocarbonyl (C=S) groups is 1. The van der Waals surface area contributed by atoms with Crippen LogP contribution in [0.5, 0.6) is 0 Å². The number of nitrogens with zero attached hydrogens (tertiary/aromatic N) is 2. The molecule has 156 valence electrons. The van der Waals surface area contributed by atoms with E-state index in [2.05, 4.69) is 26.8 Å². The molecule has 0 saturated carbocycles. The number of amides is 1. The fourth-order valence-electron chi connectivity index (χ4n) is 4.85. The molecule has 1 aliphatic heterocycles. The number of benzene rings is 1. The number of hydrogen-bond acceptors (Lipinski definition) is 4. The molecule has 6 heteroatoms. The van der Waals surface area contributed by atoms with Crippen molar-refractivity contribution < 1.29 is 9.53 Å². The van der Waals surface area contributed by atoms with Gasteiger partial charge in [-0.2, -0.15) is 5.26 Å². The molecule has 1 fully saturated rings. The third-order valence-corrected chi connectivity index (χ3v) is 6.34. The van der Waals surface area contributed by atoms with E-state index in [0.717, 1.165) is 43.4 Å². The fourth-order valence-corrected chi connectivity index (χ4v) is 5.02. The van der Waals surface area contributed by atoms with Crippen LogP contribution in [0, 0.1) is 29.1 Å². The topological polar surface area (TPSA) is 79.3 Å². The third-order valence-electron chi connectivity index (χ3n) is 6.12. The number of rotatable bonds is 7. The first-order valence-corrected chi connectivity index (χ1v) is 11.0. The van der Waals surface area contributed by atoms with Gasteiger partial charge in [0.05, 0.1) is 30.2 Å². The van der Waals surface area contributed by atoms with E-state index in [1.165, 1.54) is 4.90 Å². The highest BCUT2D eigenvalue weighted by Gasteiger charge is 2.41. The van der Waals surface area contributed by atoms with Crippen molar-refractivity contribution in [3.05, 3.63) is 34.9 Å². The summed E-state index contributed by atoms with van der Waals surface area (Å²) in [7, 11) is 0. The summed E-state index contributed by atoms with van der Waals surface area (Å²) in [6.07, 6.45) is 3.87. The van der Waals surface area contributed by atoms with Crippen molar-refractivity contribution in [1.29, 1.82) is 5.26 Å². The van der Waals surface area contributed by atoms with E-state index in [0.29, 0.717) is 23.9 Å². The molecule has 1 aromatic carbocycles. The molecule has 3 unspecified atom stereocenters. The number of nitrogens with two attached hydrogens (primary N) is 1. The van der Waals surface area contributed by atoms with E-state index in [1.807, 2.05) is 18.2 Å². The summed E-state index contributed by atoms with van der Waals surface area (Å²) in [6, 6.07) is 7.93. The van der Waals surface area contributed by atoms with Crippen LogP contribution < -0.4 is 5.73 Å². The van der Waals surface area contributed by atoms with Gasteiger partial charge in [0.15, 0.2) is 5.11 Å². The minimum atomic E-state index is -0.311. The van der Waals surface area contributed by atoms with Crippen LogP contribution in [0.2, 0.25) is 0 Å². The van der Waals surface area contributed by atoms with Gasteiger partial charge in [-0.1, -0.05) is 26.8 Å². The Bertz CT molecular complexity index is 813. The second kappa shape index (κ2) is 9.23. The Morgan fingerprint density at radius 3 is 2.69 bits per heavy atom. The van der Waals surface area contributed by atoms with Crippen LogP contribution in [-0.4, -0.2) is 35.2 Å². The van der Waals surface area contributed by atoms with Crippen molar-refractivity contribution in [2.75, 3.05) is 13.2 Å². The molecule has 0 spiro atoms. The number of hydrogen-bond donors (Lipinski definition) is 1. The zero-order valence-electron chi connectivity index (χ0n) is 17.6. The summed E-state index contributed by atoms with van der Waals surface area (Å²) >= 11 is 5.22. The summed E-state index contributed by atoms with van der Waals surface area (Å²) in [5.74, 6) is 0.975. The Labute approximate surface area is 179 Å². The minimum Gasteiger partial charge on any atom is -0.376 e. The Hall–Kier alpha value is -1.97. The molecule has 1 amide bonds. The molecule has 3 rings (SSSR count). The molecule has 1 aromatic rings. The molecule has 4 atom stereocenters. The van der Waals surface area contributed by atoms with E-state index in [9.17, 15) is 10.1 Å². The Balaban J connectivity index is 1.89. The zero-order chi connectivity index (χ0) is 21.1. The molecule has 2 N–H and O–H groups in total. The molecule has 1 heterocycles. The smallest absolute Gasteiger partial charge is 0.236 e. The first-order valence-electron chi connectivity index (χ1n) is 10.6. The quantitative estimate of drug-likeness (QED) is 0.689. The fraction of sp³-hybridized carbons (Fsp3) is 0.609. The second-order valence-electron chi connectivity index (χ2n) is 9.01. The number of fused-ring (bicyclic) bond motifs is 1. The van der Waals surface area contributed by atoms with Crippen LogP contribution in [0.4, 0.5) is 0 Å². The maximum Gasteiger partial charge on any atom is 0.236 e. The maximum absolute atomic E-state index is 13.7. The monoisotopic (exact) mass is 413 g/mol. The third kappa shape index (κ3) is 4.96. The van der Waals surface area contributed by atoms with Crippen molar-refractivity contribution in [2.24, 2.45) is 23.5 Å². The second-order valence-corrected chi connectivity index (χ2v) is 9.42. The standard InChI is InChI=1S/C23H31N3O2S/c1-14(2)8-15(3)9-18-11-17-5-4-16(12-24)10-20(17)21(18)22(27)26(23(25)29)13-19-6-7-28-19/h4-5,10,14-15,18-19,21H,6-9,11,13H2,1-3H3,(H2,25,29)/t15?,18?,19-,21?/m1/s1. The summed E-state index contributed by atoms with van der Waals surface area (Å²) < 4.78 is 5.51. The van der Waals surface area contributed by atoms with Crippen LogP contribution >= 0.6 is 12.2 Å². The normalized spacial score (nSPS) is 23.8. The van der Waals surface area contributed by atoms with Crippen molar-refractivity contribution >= 4 is 23.2 Å². The maximum atomic E-state index is 13.7. The lowest BCUT2D eigenvalue weighted by Gasteiger charge is -2.34. The first-order chi connectivity index (χ1) is 13.8. The Morgan fingerprint density at radius 2 is 2.14 bits per heavy atom. The van der Waals surface area contributed by atoms with Crippen LogP contribution in [0.25, 0.3) is 0 Å². The van der Waals surface area contributed by atoms with Gasteiger partial charge in [0.1, 0.15) is 0 Å².